The predicted molar refractivity (Wildman–Crippen MR) is 81.3 cm³/mol. The minimum Gasteiger partial charge on any atom is -0.478 e. The van der Waals surface area contributed by atoms with Gasteiger partial charge in [0, 0.05) is 28.5 Å². The Bertz CT molecular complexity index is 553. The number of halogens is 1. The van der Waals surface area contributed by atoms with Gasteiger partial charge in [0.1, 0.15) is 0 Å². The van der Waals surface area contributed by atoms with Gasteiger partial charge in [-0.1, -0.05) is 17.7 Å². The average molecular weight is 312 g/mol. The lowest BCUT2D eigenvalue weighted by molar-refractivity contribution is -0.131. The maximum absolute atomic E-state index is 12.0. The molecule has 4 nitrogen and oxygen atoms in total. The van der Waals surface area contributed by atoms with Gasteiger partial charge in [-0.25, -0.2) is 4.79 Å². The summed E-state index contributed by atoms with van der Waals surface area (Å²) < 4.78 is 0. The smallest absolute Gasteiger partial charge is 0.328 e. The van der Waals surface area contributed by atoms with E-state index in [0.29, 0.717) is 16.1 Å². The van der Waals surface area contributed by atoms with Gasteiger partial charge in [-0.05, 0) is 35.9 Å². The van der Waals surface area contributed by atoms with Gasteiger partial charge in [0.05, 0.1) is 0 Å². The maximum atomic E-state index is 12.0. The fourth-order valence-corrected chi connectivity index (χ4v) is 3.28. The van der Waals surface area contributed by atoms with Crippen LogP contribution in [-0.4, -0.2) is 34.5 Å². The third-order valence-corrected chi connectivity index (χ3v) is 4.42. The Morgan fingerprint density at radius 1 is 1.45 bits per heavy atom. The molecule has 1 amide bonds. The topological polar surface area (TPSA) is 66.4 Å². The van der Waals surface area contributed by atoms with E-state index < -0.39 is 5.97 Å². The average Bonchev–Trinajstić information content (AvgIpc) is 2.89. The molecule has 106 valence electrons. The predicted octanol–water partition coefficient (Wildman–Crippen LogP) is 2.67. The highest BCUT2D eigenvalue weighted by molar-refractivity contribution is 7.99. The van der Waals surface area contributed by atoms with Crippen LogP contribution in [0, 0.1) is 0 Å². The van der Waals surface area contributed by atoms with Gasteiger partial charge < -0.3 is 10.4 Å². The van der Waals surface area contributed by atoms with E-state index in [4.69, 9.17) is 16.7 Å². The van der Waals surface area contributed by atoms with Crippen LogP contribution in [0.15, 0.2) is 24.3 Å². The summed E-state index contributed by atoms with van der Waals surface area (Å²) in [6.07, 6.45) is 3.40. The van der Waals surface area contributed by atoms with E-state index in [1.807, 2.05) is 11.8 Å². The van der Waals surface area contributed by atoms with Crippen molar-refractivity contribution in [1.29, 1.82) is 0 Å². The molecule has 2 N–H and O–H groups in total. The SMILES string of the molecule is O=C(O)/C=C/c1ccc(C(=O)NC2CCSC2)cc1Cl. The molecule has 0 bridgehead atoms. The summed E-state index contributed by atoms with van der Waals surface area (Å²) in [5.74, 6) is 0.832. The van der Waals surface area contributed by atoms with Crippen LogP contribution < -0.4 is 5.32 Å². The molecule has 0 saturated carbocycles. The number of carboxylic acid groups (broad SMARTS) is 1. The molecule has 1 saturated heterocycles. The summed E-state index contributed by atoms with van der Waals surface area (Å²) >= 11 is 7.87. The third-order valence-electron chi connectivity index (χ3n) is 2.93. The molecule has 6 heteroatoms. The molecule has 0 aromatic heterocycles. The van der Waals surface area contributed by atoms with E-state index in [0.717, 1.165) is 24.0 Å². The Morgan fingerprint density at radius 2 is 2.25 bits per heavy atom. The van der Waals surface area contributed by atoms with Gasteiger partial charge in [0.15, 0.2) is 0 Å². The van der Waals surface area contributed by atoms with E-state index >= 15 is 0 Å². The Labute approximate surface area is 126 Å². The van der Waals surface area contributed by atoms with Gasteiger partial charge in [-0.15, -0.1) is 0 Å². The summed E-state index contributed by atoms with van der Waals surface area (Å²) in [7, 11) is 0. The molecule has 0 aliphatic carbocycles. The number of aliphatic carboxylic acids is 1. The number of hydrogen-bond donors (Lipinski definition) is 2. The zero-order valence-corrected chi connectivity index (χ0v) is 12.2. The van der Waals surface area contributed by atoms with E-state index in [9.17, 15) is 9.59 Å². The number of carbonyl (C=O) groups excluding carboxylic acids is 1. The number of carbonyl (C=O) groups is 2. The highest BCUT2D eigenvalue weighted by Crippen LogP contribution is 2.21. The van der Waals surface area contributed by atoms with Gasteiger partial charge in [-0.2, -0.15) is 11.8 Å². The first-order chi connectivity index (χ1) is 9.56. The fraction of sp³-hybridized carbons (Fsp3) is 0.286. The molecule has 1 aromatic carbocycles. The second-order valence-corrected chi connectivity index (χ2v) is 6.00. The summed E-state index contributed by atoms with van der Waals surface area (Å²) in [5.41, 5.74) is 1.06. The molecule has 2 rings (SSSR count). The lowest BCUT2D eigenvalue weighted by atomic mass is 10.1. The van der Waals surface area contributed by atoms with E-state index in [-0.39, 0.29) is 11.9 Å². The second-order valence-electron chi connectivity index (χ2n) is 4.44. The largest absolute Gasteiger partial charge is 0.478 e. The van der Waals surface area contributed by atoms with E-state index in [2.05, 4.69) is 5.32 Å². The van der Waals surface area contributed by atoms with Crippen LogP contribution in [0.25, 0.3) is 6.08 Å². The van der Waals surface area contributed by atoms with Crippen molar-refractivity contribution in [2.45, 2.75) is 12.5 Å². The lowest BCUT2D eigenvalue weighted by Gasteiger charge is -2.11. The summed E-state index contributed by atoms with van der Waals surface area (Å²) in [4.78, 5) is 22.5. The monoisotopic (exact) mass is 311 g/mol. The van der Waals surface area contributed by atoms with Gasteiger partial charge in [-0.3, -0.25) is 4.79 Å². The van der Waals surface area contributed by atoms with Gasteiger partial charge in [0.2, 0.25) is 0 Å². The molecule has 1 unspecified atom stereocenters. The molecule has 0 spiro atoms. The van der Waals surface area contributed by atoms with Crippen molar-refractivity contribution in [1.82, 2.24) is 5.32 Å². The van der Waals surface area contributed by atoms with Crippen molar-refractivity contribution in [2.75, 3.05) is 11.5 Å². The highest BCUT2D eigenvalue weighted by Gasteiger charge is 2.18. The van der Waals surface area contributed by atoms with Crippen molar-refractivity contribution in [3.63, 3.8) is 0 Å². The lowest BCUT2D eigenvalue weighted by Crippen LogP contribution is -2.34. The quantitative estimate of drug-likeness (QED) is 0.839. The maximum Gasteiger partial charge on any atom is 0.328 e. The zero-order valence-electron chi connectivity index (χ0n) is 10.6. The van der Waals surface area contributed by atoms with E-state index in [1.165, 1.54) is 6.08 Å². The number of hydrogen-bond acceptors (Lipinski definition) is 3. The number of thioether (sulfide) groups is 1. The Balaban J connectivity index is 2.07. The van der Waals surface area contributed by atoms with Crippen molar-refractivity contribution in [3.8, 4) is 0 Å². The molecule has 1 atom stereocenters. The molecule has 1 aliphatic heterocycles. The van der Waals surface area contributed by atoms with Crippen molar-refractivity contribution < 1.29 is 14.7 Å². The summed E-state index contributed by atoms with van der Waals surface area (Å²) in [6.45, 7) is 0. The van der Waals surface area contributed by atoms with Crippen LogP contribution in [-0.2, 0) is 4.79 Å². The Kier molecular flexibility index (Phi) is 5.09. The number of carboxylic acids is 1. The number of benzene rings is 1. The van der Waals surface area contributed by atoms with Crippen LogP contribution in [0.1, 0.15) is 22.3 Å². The first kappa shape index (κ1) is 14.9. The number of rotatable bonds is 4. The first-order valence-electron chi connectivity index (χ1n) is 6.15. The molecule has 1 heterocycles. The van der Waals surface area contributed by atoms with Crippen LogP contribution in [0.3, 0.4) is 0 Å². The summed E-state index contributed by atoms with van der Waals surface area (Å²) in [5, 5.41) is 11.9. The van der Waals surface area contributed by atoms with Crippen LogP contribution in [0.5, 0.6) is 0 Å². The normalized spacial score (nSPS) is 18.4. The van der Waals surface area contributed by atoms with Gasteiger partial charge in [0.25, 0.3) is 5.91 Å². The molecular formula is C14H14ClNO3S. The Hall–Kier alpha value is -1.46. The van der Waals surface area contributed by atoms with Crippen LogP contribution >= 0.6 is 23.4 Å². The minimum absolute atomic E-state index is 0.145. The van der Waals surface area contributed by atoms with E-state index in [1.54, 1.807) is 18.2 Å². The molecular weight excluding hydrogens is 298 g/mol. The minimum atomic E-state index is -1.04. The second kappa shape index (κ2) is 6.81. The number of amides is 1. The summed E-state index contributed by atoms with van der Waals surface area (Å²) in [6, 6.07) is 5.06. The van der Waals surface area contributed by atoms with Crippen LogP contribution in [0.4, 0.5) is 0 Å². The molecule has 20 heavy (non-hydrogen) atoms. The fourth-order valence-electron chi connectivity index (χ4n) is 1.88. The molecule has 1 aromatic rings. The molecule has 0 radical (unpaired) electrons. The van der Waals surface area contributed by atoms with Crippen molar-refractivity contribution >= 4 is 41.3 Å². The Morgan fingerprint density at radius 3 is 2.85 bits per heavy atom. The first-order valence-corrected chi connectivity index (χ1v) is 7.68. The standard InChI is InChI=1S/C14H14ClNO3S/c15-12-7-10(2-1-9(12)3-4-13(17)18)14(19)16-11-5-6-20-8-11/h1-4,7,11H,5-6,8H2,(H,16,19)(H,17,18)/b4-3+. The van der Waals surface area contributed by atoms with Gasteiger partial charge >= 0.3 is 5.97 Å². The third kappa shape index (κ3) is 4.02. The molecule has 1 fully saturated rings. The highest BCUT2D eigenvalue weighted by atomic mass is 35.5. The van der Waals surface area contributed by atoms with Crippen molar-refractivity contribution in [2.24, 2.45) is 0 Å². The molecule has 1 aliphatic rings. The van der Waals surface area contributed by atoms with Crippen LogP contribution in [0.2, 0.25) is 5.02 Å². The zero-order chi connectivity index (χ0) is 14.5. The van der Waals surface area contributed by atoms with Crippen molar-refractivity contribution in [3.05, 3.63) is 40.4 Å². The number of nitrogens with one attached hydrogen (secondary N) is 1.